The van der Waals surface area contributed by atoms with Gasteiger partial charge in [-0.25, -0.2) is 8.42 Å². The minimum absolute atomic E-state index is 0.00778. The van der Waals surface area contributed by atoms with Crippen molar-refractivity contribution < 1.29 is 18.0 Å². The molecule has 2 aliphatic heterocycles. The van der Waals surface area contributed by atoms with Crippen LogP contribution in [0.4, 0.5) is 0 Å². The van der Waals surface area contributed by atoms with Crippen LogP contribution in [0, 0.1) is 0 Å². The maximum Gasteiger partial charge on any atom is 0.256 e. The minimum Gasteiger partial charge on any atom is -0.274 e. The molecule has 0 bridgehead atoms. The van der Waals surface area contributed by atoms with E-state index >= 15 is 0 Å². The summed E-state index contributed by atoms with van der Waals surface area (Å²) in [7, 11) is -3.11. The highest BCUT2D eigenvalue weighted by molar-refractivity contribution is 7.92. The summed E-state index contributed by atoms with van der Waals surface area (Å²) in [5.74, 6) is -0.600. The number of hydrogen-bond acceptors (Lipinski definition) is 4. The molecule has 2 rings (SSSR count). The summed E-state index contributed by atoms with van der Waals surface area (Å²) in [6, 6.07) is 0. The Morgan fingerprint density at radius 2 is 2.12 bits per heavy atom. The summed E-state index contributed by atoms with van der Waals surface area (Å²) < 4.78 is 23.2. The van der Waals surface area contributed by atoms with Gasteiger partial charge in [0.05, 0.1) is 11.0 Å². The van der Waals surface area contributed by atoms with Crippen LogP contribution in [0.3, 0.4) is 0 Å². The van der Waals surface area contributed by atoms with Crippen LogP contribution < -0.4 is 0 Å². The average Bonchev–Trinajstić information content (AvgIpc) is 2.62. The predicted molar refractivity (Wildman–Crippen MR) is 57.3 cm³/mol. The quantitative estimate of drug-likeness (QED) is 0.634. The molecule has 1 atom stereocenters. The van der Waals surface area contributed by atoms with Gasteiger partial charge in [0.25, 0.3) is 11.8 Å². The van der Waals surface area contributed by atoms with Crippen molar-refractivity contribution in [1.29, 1.82) is 0 Å². The average molecular weight is 243 g/mol. The number of sulfone groups is 1. The van der Waals surface area contributed by atoms with Gasteiger partial charge in [0.2, 0.25) is 0 Å². The monoisotopic (exact) mass is 243 g/mol. The second-order valence-corrected chi connectivity index (χ2v) is 6.61. The standard InChI is InChI=1S/C10H13NO4S/c1-7-5-9(12)11(10(7)13)6-8-3-2-4-16(8,14)15/h5,8H,2-4,6H2,1H3. The summed E-state index contributed by atoms with van der Waals surface area (Å²) in [5, 5.41) is -0.570. The molecule has 0 radical (unpaired) electrons. The first kappa shape index (κ1) is 11.3. The van der Waals surface area contributed by atoms with Gasteiger partial charge in [0.1, 0.15) is 0 Å². The highest BCUT2D eigenvalue weighted by Crippen LogP contribution is 2.23. The van der Waals surface area contributed by atoms with Crippen LogP contribution in [0.15, 0.2) is 11.6 Å². The third-order valence-electron chi connectivity index (χ3n) is 3.04. The Kier molecular flexibility index (Phi) is 2.61. The second kappa shape index (κ2) is 3.69. The lowest BCUT2D eigenvalue weighted by Crippen LogP contribution is -2.39. The first-order chi connectivity index (χ1) is 7.42. The molecule has 1 fully saturated rings. The normalized spacial score (nSPS) is 28.7. The highest BCUT2D eigenvalue weighted by atomic mass is 32.2. The van der Waals surface area contributed by atoms with Crippen LogP contribution in [0.5, 0.6) is 0 Å². The zero-order valence-electron chi connectivity index (χ0n) is 8.97. The first-order valence-electron chi connectivity index (χ1n) is 5.17. The summed E-state index contributed by atoms with van der Waals surface area (Å²) >= 11 is 0. The maximum absolute atomic E-state index is 11.6. The molecule has 88 valence electrons. The van der Waals surface area contributed by atoms with E-state index in [4.69, 9.17) is 0 Å². The minimum atomic E-state index is -3.11. The van der Waals surface area contributed by atoms with Gasteiger partial charge in [-0.2, -0.15) is 0 Å². The molecule has 2 aliphatic rings. The Balaban J connectivity index is 2.13. The molecular weight excluding hydrogens is 230 g/mol. The van der Waals surface area contributed by atoms with Crippen LogP contribution >= 0.6 is 0 Å². The molecule has 6 heteroatoms. The van der Waals surface area contributed by atoms with Gasteiger partial charge in [-0.05, 0) is 19.8 Å². The van der Waals surface area contributed by atoms with E-state index in [-0.39, 0.29) is 18.2 Å². The number of carbonyl (C=O) groups excluding carboxylic acids is 2. The Morgan fingerprint density at radius 1 is 1.44 bits per heavy atom. The first-order valence-corrected chi connectivity index (χ1v) is 6.89. The summed E-state index contributed by atoms with van der Waals surface area (Å²) in [5.41, 5.74) is 0.375. The Morgan fingerprint density at radius 3 is 2.56 bits per heavy atom. The smallest absolute Gasteiger partial charge is 0.256 e. The molecular formula is C10H13NO4S. The number of imide groups is 1. The molecule has 1 saturated heterocycles. The molecule has 2 heterocycles. The lowest BCUT2D eigenvalue weighted by Gasteiger charge is -2.18. The molecule has 0 aromatic rings. The van der Waals surface area contributed by atoms with Crippen molar-refractivity contribution in [2.45, 2.75) is 25.0 Å². The summed E-state index contributed by atoms with van der Waals surface area (Å²) in [6.45, 7) is 1.57. The number of rotatable bonds is 2. The third-order valence-corrected chi connectivity index (χ3v) is 5.30. The van der Waals surface area contributed by atoms with Gasteiger partial charge in [-0.15, -0.1) is 0 Å². The van der Waals surface area contributed by atoms with Crippen molar-refractivity contribution in [3.63, 3.8) is 0 Å². The molecule has 0 aromatic heterocycles. The van der Waals surface area contributed by atoms with Crippen molar-refractivity contribution in [2.24, 2.45) is 0 Å². The van der Waals surface area contributed by atoms with E-state index in [0.717, 1.165) is 4.90 Å². The Hall–Kier alpha value is -1.17. The van der Waals surface area contributed by atoms with E-state index in [1.54, 1.807) is 6.92 Å². The van der Waals surface area contributed by atoms with E-state index in [1.807, 2.05) is 0 Å². The molecule has 0 aromatic carbocycles. The van der Waals surface area contributed by atoms with E-state index in [2.05, 4.69) is 0 Å². The largest absolute Gasteiger partial charge is 0.274 e. The second-order valence-electron chi connectivity index (χ2n) is 4.21. The van der Waals surface area contributed by atoms with Crippen LogP contribution in [0.25, 0.3) is 0 Å². The van der Waals surface area contributed by atoms with E-state index < -0.39 is 21.0 Å². The Bertz CT molecular complexity index is 477. The SMILES string of the molecule is CC1=CC(=O)N(CC2CCCS2(=O)=O)C1=O. The van der Waals surface area contributed by atoms with Crippen LogP contribution in [0.2, 0.25) is 0 Å². The number of nitrogens with zero attached hydrogens (tertiary/aromatic N) is 1. The van der Waals surface area contributed by atoms with Gasteiger partial charge < -0.3 is 0 Å². The van der Waals surface area contributed by atoms with Crippen LogP contribution in [-0.2, 0) is 19.4 Å². The fraction of sp³-hybridized carbons (Fsp3) is 0.600. The van der Waals surface area contributed by atoms with Gasteiger partial charge in [0, 0.05) is 18.2 Å². The van der Waals surface area contributed by atoms with Gasteiger partial charge in [-0.1, -0.05) is 0 Å². The summed E-state index contributed by atoms with van der Waals surface area (Å²) in [6.07, 6.45) is 2.41. The number of amides is 2. The van der Waals surface area contributed by atoms with Crippen molar-refractivity contribution in [3.05, 3.63) is 11.6 Å². The molecule has 0 aliphatic carbocycles. The molecule has 0 N–H and O–H groups in total. The van der Waals surface area contributed by atoms with Crippen molar-refractivity contribution in [3.8, 4) is 0 Å². The fourth-order valence-electron chi connectivity index (χ4n) is 2.08. The van der Waals surface area contributed by atoms with Gasteiger partial charge >= 0.3 is 0 Å². The molecule has 0 spiro atoms. The zero-order chi connectivity index (χ0) is 11.9. The summed E-state index contributed by atoms with van der Waals surface area (Å²) in [4.78, 5) is 24.0. The zero-order valence-corrected chi connectivity index (χ0v) is 9.79. The lowest BCUT2D eigenvalue weighted by atomic mass is 10.2. The molecule has 2 amide bonds. The van der Waals surface area contributed by atoms with Crippen LogP contribution in [-0.4, -0.2) is 42.7 Å². The van der Waals surface area contributed by atoms with E-state index in [1.165, 1.54) is 6.08 Å². The highest BCUT2D eigenvalue weighted by Gasteiger charge is 2.37. The van der Waals surface area contributed by atoms with Crippen LogP contribution in [0.1, 0.15) is 19.8 Å². The van der Waals surface area contributed by atoms with Crippen molar-refractivity contribution >= 4 is 21.7 Å². The molecule has 1 unspecified atom stereocenters. The number of carbonyl (C=O) groups is 2. The fourth-order valence-corrected chi connectivity index (χ4v) is 3.88. The van der Waals surface area contributed by atoms with E-state index in [0.29, 0.717) is 18.4 Å². The van der Waals surface area contributed by atoms with Gasteiger partial charge in [-0.3, -0.25) is 14.5 Å². The predicted octanol–water partition coefficient (Wildman–Crippen LogP) is -0.121. The van der Waals surface area contributed by atoms with Crippen molar-refractivity contribution in [1.82, 2.24) is 4.90 Å². The topological polar surface area (TPSA) is 71.5 Å². The number of hydrogen-bond donors (Lipinski definition) is 0. The molecule has 5 nitrogen and oxygen atoms in total. The molecule has 16 heavy (non-hydrogen) atoms. The van der Waals surface area contributed by atoms with Crippen molar-refractivity contribution in [2.75, 3.05) is 12.3 Å². The third kappa shape index (κ3) is 1.77. The molecule has 0 saturated carbocycles. The van der Waals surface area contributed by atoms with E-state index in [9.17, 15) is 18.0 Å². The van der Waals surface area contributed by atoms with Gasteiger partial charge in [0.15, 0.2) is 9.84 Å². The maximum atomic E-state index is 11.6. The lowest BCUT2D eigenvalue weighted by molar-refractivity contribution is -0.137. The Labute approximate surface area is 94.0 Å².